The topological polar surface area (TPSA) is 74.6 Å². The molecule has 0 spiro atoms. The number of rotatable bonds is 1. The highest BCUT2D eigenvalue weighted by Gasteiger charge is 2.54. The van der Waals surface area contributed by atoms with E-state index >= 15 is 0 Å². The maximum absolute atomic E-state index is 13.3. The number of phenols is 1. The second-order valence-corrected chi connectivity index (χ2v) is 6.17. The fourth-order valence-electron chi connectivity index (χ4n) is 2.02. The van der Waals surface area contributed by atoms with Crippen LogP contribution < -0.4 is 0 Å². The van der Waals surface area contributed by atoms with E-state index in [1.807, 2.05) is 0 Å². The van der Waals surface area contributed by atoms with Gasteiger partial charge in [-0.15, -0.1) is 0 Å². The molecule has 1 aliphatic rings. The number of halogens is 5. The van der Waals surface area contributed by atoms with E-state index in [4.69, 9.17) is 0 Å². The molecule has 0 heterocycles. The average Bonchev–Trinajstić information content (AvgIpc) is 2.51. The summed E-state index contributed by atoms with van der Waals surface area (Å²) >= 11 is 0. The van der Waals surface area contributed by atoms with Crippen LogP contribution in [0.2, 0.25) is 0 Å². The van der Waals surface area contributed by atoms with Crippen molar-refractivity contribution in [2.75, 3.05) is 0 Å². The van der Waals surface area contributed by atoms with Crippen LogP contribution in [0.4, 0.5) is 22.0 Å². The number of fused-ring (bicyclic) bond motifs is 1. The summed E-state index contributed by atoms with van der Waals surface area (Å²) in [5, 5.41) is 18.7. The summed E-state index contributed by atoms with van der Waals surface area (Å²) in [6, 6.07) is 0.924. The van der Waals surface area contributed by atoms with Gasteiger partial charge in [0.1, 0.15) is 11.9 Å². The van der Waals surface area contributed by atoms with Crippen molar-refractivity contribution in [3.8, 4) is 5.75 Å². The van der Waals surface area contributed by atoms with Crippen molar-refractivity contribution in [1.82, 2.24) is 0 Å². The third-order valence-corrected chi connectivity index (χ3v) is 4.52. The Morgan fingerprint density at radius 3 is 2.30 bits per heavy atom. The van der Waals surface area contributed by atoms with Crippen LogP contribution >= 0.6 is 0 Å². The summed E-state index contributed by atoms with van der Waals surface area (Å²) < 4.78 is 86.8. The average molecular weight is 318 g/mol. The second kappa shape index (κ2) is 4.04. The van der Waals surface area contributed by atoms with Gasteiger partial charge in [-0.25, -0.2) is 17.2 Å². The predicted octanol–water partition coefficient (Wildman–Crippen LogP) is 1.91. The van der Waals surface area contributed by atoms with Gasteiger partial charge in [0.2, 0.25) is 0 Å². The normalized spacial score (nSPS) is 21.8. The van der Waals surface area contributed by atoms with Crippen molar-refractivity contribution >= 4 is 9.84 Å². The number of phenolic OH excluding ortho intramolecular Hbond substituents is 1. The summed E-state index contributed by atoms with van der Waals surface area (Å²) in [5.41, 5.74) is -7.50. The van der Waals surface area contributed by atoms with Gasteiger partial charge in [-0.05, 0) is 12.1 Å². The zero-order valence-electron chi connectivity index (χ0n) is 9.45. The molecule has 0 fully saturated rings. The molecule has 0 aromatic heterocycles. The molecule has 0 aliphatic heterocycles. The van der Waals surface area contributed by atoms with Crippen LogP contribution in [0.5, 0.6) is 5.75 Å². The Labute approximate surface area is 109 Å². The fourth-order valence-corrected chi connectivity index (χ4v) is 3.04. The smallest absolute Gasteiger partial charge is 0.501 e. The Bertz CT molecular complexity index is 665. The summed E-state index contributed by atoms with van der Waals surface area (Å²) in [7, 11) is -5.91. The van der Waals surface area contributed by atoms with Crippen molar-refractivity contribution in [2.24, 2.45) is 0 Å². The van der Waals surface area contributed by atoms with Gasteiger partial charge in [-0.2, -0.15) is 13.2 Å². The van der Waals surface area contributed by atoms with E-state index in [0.717, 1.165) is 0 Å². The van der Waals surface area contributed by atoms with Crippen molar-refractivity contribution < 1.29 is 40.6 Å². The minimum absolute atomic E-state index is 0.349. The van der Waals surface area contributed by atoms with E-state index in [-0.39, 0.29) is 0 Å². The Hall–Kier alpha value is -1.42. The molecule has 1 aromatic rings. The van der Waals surface area contributed by atoms with E-state index in [0.29, 0.717) is 12.1 Å². The Kier molecular flexibility index (Phi) is 3.03. The Morgan fingerprint density at radius 2 is 1.80 bits per heavy atom. The highest BCUT2D eigenvalue weighted by atomic mass is 32.2. The lowest BCUT2D eigenvalue weighted by molar-refractivity contribution is -0.0978. The van der Waals surface area contributed by atoms with Gasteiger partial charge in [0, 0.05) is 17.5 Å². The number of aliphatic hydroxyl groups excluding tert-OH is 1. The van der Waals surface area contributed by atoms with Crippen LogP contribution in [0.3, 0.4) is 0 Å². The van der Waals surface area contributed by atoms with Gasteiger partial charge in [-0.1, -0.05) is 0 Å². The fraction of sp³-hybridized carbons (Fsp3) is 0.400. The number of hydrogen-bond acceptors (Lipinski definition) is 4. The monoisotopic (exact) mass is 318 g/mol. The standard InChI is InChI=1S/C10H7F5O4S/c11-9(12)3-4-5(16)1-2-6(7(4)8(9)17)20(18,19)10(13,14)15/h1-2,8,16-17H,3H2. The summed E-state index contributed by atoms with van der Waals surface area (Å²) in [4.78, 5) is -1.47. The molecule has 0 bridgehead atoms. The van der Waals surface area contributed by atoms with Gasteiger partial charge in [0.15, 0.2) is 0 Å². The molecule has 112 valence electrons. The zero-order valence-corrected chi connectivity index (χ0v) is 10.3. The van der Waals surface area contributed by atoms with Gasteiger partial charge < -0.3 is 10.2 Å². The van der Waals surface area contributed by atoms with Crippen molar-refractivity contribution in [3.63, 3.8) is 0 Å². The molecule has 10 heteroatoms. The highest BCUT2D eigenvalue weighted by molar-refractivity contribution is 7.92. The highest BCUT2D eigenvalue weighted by Crippen LogP contribution is 2.50. The number of benzene rings is 1. The second-order valence-electron chi connectivity index (χ2n) is 4.26. The molecule has 4 nitrogen and oxygen atoms in total. The Balaban J connectivity index is 2.77. The third kappa shape index (κ3) is 1.94. The summed E-state index contributed by atoms with van der Waals surface area (Å²) in [5.74, 6) is -4.64. The van der Waals surface area contributed by atoms with Crippen LogP contribution in [-0.4, -0.2) is 30.1 Å². The molecule has 2 rings (SSSR count). The lowest BCUT2D eigenvalue weighted by Crippen LogP contribution is -2.26. The molecule has 1 unspecified atom stereocenters. The molecular formula is C10H7F5O4S. The zero-order chi connectivity index (χ0) is 15.5. The molecule has 2 N–H and O–H groups in total. The van der Waals surface area contributed by atoms with Gasteiger partial charge in [-0.3, -0.25) is 0 Å². The lowest BCUT2D eigenvalue weighted by Gasteiger charge is -2.16. The van der Waals surface area contributed by atoms with E-state index in [1.165, 1.54) is 0 Å². The molecule has 20 heavy (non-hydrogen) atoms. The quantitative estimate of drug-likeness (QED) is 0.776. The first-order chi connectivity index (χ1) is 8.89. The molecule has 0 amide bonds. The van der Waals surface area contributed by atoms with Crippen LogP contribution in [-0.2, 0) is 16.3 Å². The molecule has 0 saturated heterocycles. The predicted molar refractivity (Wildman–Crippen MR) is 55.0 cm³/mol. The van der Waals surface area contributed by atoms with Gasteiger partial charge in [0.25, 0.3) is 15.8 Å². The minimum atomic E-state index is -5.91. The maximum atomic E-state index is 13.3. The molecular weight excluding hydrogens is 311 g/mol. The van der Waals surface area contributed by atoms with E-state index in [1.54, 1.807) is 0 Å². The third-order valence-electron chi connectivity index (χ3n) is 2.97. The molecule has 1 aromatic carbocycles. The first kappa shape index (κ1) is 15.0. The minimum Gasteiger partial charge on any atom is -0.508 e. The summed E-state index contributed by atoms with van der Waals surface area (Å²) in [6.45, 7) is 0. The van der Waals surface area contributed by atoms with Crippen LogP contribution in [0.1, 0.15) is 17.2 Å². The lowest BCUT2D eigenvalue weighted by atomic mass is 10.1. The molecule has 0 radical (unpaired) electrons. The van der Waals surface area contributed by atoms with E-state index in [9.17, 15) is 40.6 Å². The van der Waals surface area contributed by atoms with Gasteiger partial charge >= 0.3 is 5.51 Å². The number of aromatic hydroxyl groups is 1. The van der Waals surface area contributed by atoms with Crippen LogP contribution in [0.25, 0.3) is 0 Å². The SMILES string of the molecule is O=S(=O)(c1ccc(O)c2c1C(O)C(F)(F)C2)C(F)(F)F. The summed E-state index contributed by atoms with van der Waals surface area (Å²) in [6.07, 6.45) is -3.96. The van der Waals surface area contributed by atoms with Crippen molar-refractivity contribution in [1.29, 1.82) is 0 Å². The van der Waals surface area contributed by atoms with Crippen LogP contribution in [0.15, 0.2) is 17.0 Å². The number of sulfone groups is 1. The van der Waals surface area contributed by atoms with Crippen molar-refractivity contribution in [3.05, 3.63) is 23.3 Å². The van der Waals surface area contributed by atoms with E-state index < -0.39 is 55.6 Å². The molecule has 1 atom stereocenters. The van der Waals surface area contributed by atoms with Crippen molar-refractivity contribution in [2.45, 2.75) is 28.9 Å². The largest absolute Gasteiger partial charge is 0.508 e. The Morgan fingerprint density at radius 1 is 1.25 bits per heavy atom. The van der Waals surface area contributed by atoms with E-state index in [2.05, 4.69) is 0 Å². The number of alkyl halides is 5. The number of hydrogen-bond donors (Lipinski definition) is 2. The first-order valence-corrected chi connectivity index (χ1v) is 6.60. The number of aliphatic hydroxyl groups is 1. The first-order valence-electron chi connectivity index (χ1n) is 5.11. The van der Waals surface area contributed by atoms with Gasteiger partial charge in [0.05, 0.1) is 4.90 Å². The molecule has 0 saturated carbocycles. The molecule has 1 aliphatic carbocycles. The maximum Gasteiger partial charge on any atom is 0.501 e. The van der Waals surface area contributed by atoms with Crippen LogP contribution in [0, 0.1) is 0 Å².